The molecule has 0 aromatic carbocycles. The van der Waals surface area contributed by atoms with Crippen molar-refractivity contribution in [3.63, 3.8) is 0 Å². The molecule has 4 rings (SSSR count). The molecule has 0 aliphatic carbocycles. The van der Waals surface area contributed by atoms with E-state index in [1.54, 1.807) is 29.3 Å². The van der Waals surface area contributed by atoms with Gasteiger partial charge >= 0.3 is 0 Å². The average molecular weight is 351 g/mol. The third kappa shape index (κ3) is 3.10. The normalized spacial score (nSPS) is 17.5. The van der Waals surface area contributed by atoms with Crippen molar-refractivity contribution in [2.24, 2.45) is 13.0 Å². The highest BCUT2D eigenvalue weighted by atomic mass is 16.1. The smallest absolute Gasteiger partial charge is 0.229 e. The molecule has 0 radical (unpaired) electrons. The lowest BCUT2D eigenvalue weighted by molar-refractivity contribution is -0.120. The summed E-state index contributed by atoms with van der Waals surface area (Å²) < 4.78 is 1.75. The number of anilines is 2. The van der Waals surface area contributed by atoms with E-state index in [1.807, 2.05) is 20.0 Å². The van der Waals surface area contributed by atoms with E-state index in [0.717, 1.165) is 36.1 Å². The second-order valence-corrected chi connectivity index (χ2v) is 6.63. The van der Waals surface area contributed by atoms with Crippen LogP contribution in [0.2, 0.25) is 0 Å². The number of aryl methyl sites for hydroxylation is 2. The molecule has 1 amide bonds. The molecule has 3 aromatic rings. The van der Waals surface area contributed by atoms with Gasteiger partial charge in [0.2, 0.25) is 11.9 Å². The Morgan fingerprint density at radius 3 is 2.88 bits per heavy atom. The van der Waals surface area contributed by atoms with Crippen LogP contribution in [0.5, 0.6) is 0 Å². The van der Waals surface area contributed by atoms with Crippen molar-refractivity contribution in [2.45, 2.75) is 19.8 Å². The predicted octanol–water partition coefficient (Wildman–Crippen LogP) is 1.92. The fraction of sp³-hybridized carbons (Fsp3) is 0.389. The number of hydrogen-bond acceptors (Lipinski definition) is 6. The van der Waals surface area contributed by atoms with Crippen LogP contribution < -0.4 is 10.2 Å². The van der Waals surface area contributed by atoms with Crippen LogP contribution in [0.3, 0.4) is 0 Å². The fourth-order valence-electron chi connectivity index (χ4n) is 3.45. The number of nitrogens with one attached hydrogen (secondary N) is 1. The summed E-state index contributed by atoms with van der Waals surface area (Å²) in [6, 6.07) is 3.73. The molecule has 0 saturated carbocycles. The number of fused-ring (bicyclic) bond motifs is 1. The molecule has 134 valence electrons. The first-order valence-electron chi connectivity index (χ1n) is 8.74. The van der Waals surface area contributed by atoms with Crippen LogP contribution in [0.25, 0.3) is 11.0 Å². The van der Waals surface area contributed by atoms with Gasteiger partial charge in [0, 0.05) is 37.9 Å². The molecule has 1 atom stereocenters. The largest absolute Gasteiger partial charge is 0.340 e. The molecule has 1 fully saturated rings. The molecule has 8 nitrogen and oxygen atoms in total. The molecular formula is C18H21N7O. The lowest BCUT2D eigenvalue weighted by Crippen LogP contribution is -2.41. The minimum Gasteiger partial charge on any atom is -0.340 e. The first kappa shape index (κ1) is 16.4. The van der Waals surface area contributed by atoms with Gasteiger partial charge in [0.05, 0.1) is 23.5 Å². The fourth-order valence-corrected chi connectivity index (χ4v) is 3.45. The van der Waals surface area contributed by atoms with E-state index >= 15 is 0 Å². The number of hydrogen-bond donors (Lipinski definition) is 1. The molecule has 0 spiro atoms. The molecule has 1 aliphatic heterocycles. The standard InChI is InChI=1S/C18H21N7O/c1-12-15-9-14(10-21-16(15)24(2)23-12)22-17(26)13-5-3-8-25(11-13)18-19-6-4-7-20-18/h4,6-7,9-10,13H,3,5,8,11H2,1-2H3,(H,22,26). The number of pyridine rings is 1. The highest BCUT2D eigenvalue weighted by Crippen LogP contribution is 2.23. The van der Waals surface area contributed by atoms with E-state index in [1.165, 1.54) is 0 Å². The van der Waals surface area contributed by atoms with Crippen LogP contribution >= 0.6 is 0 Å². The number of aromatic nitrogens is 5. The highest BCUT2D eigenvalue weighted by Gasteiger charge is 2.27. The zero-order chi connectivity index (χ0) is 18.1. The summed E-state index contributed by atoms with van der Waals surface area (Å²) in [5.74, 6) is 0.589. The van der Waals surface area contributed by atoms with Gasteiger partial charge in [-0.05, 0) is 31.9 Å². The second-order valence-electron chi connectivity index (χ2n) is 6.63. The Balaban J connectivity index is 1.48. The van der Waals surface area contributed by atoms with Crippen molar-refractivity contribution in [3.05, 3.63) is 36.4 Å². The average Bonchev–Trinajstić information content (AvgIpc) is 2.96. The Hall–Kier alpha value is -3.03. The van der Waals surface area contributed by atoms with Gasteiger partial charge in [-0.2, -0.15) is 5.10 Å². The first-order chi connectivity index (χ1) is 12.6. The van der Waals surface area contributed by atoms with Crippen LogP contribution in [-0.4, -0.2) is 43.7 Å². The number of carbonyl (C=O) groups excluding carboxylic acids is 1. The summed E-state index contributed by atoms with van der Waals surface area (Å²) in [5, 5.41) is 8.32. The molecule has 0 bridgehead atoms. The summed E-state index contributed by atoms with van der Waals surface area (Å²) in [6.07, 6.45) is 6.93. The van der Waals surface area contributed by atoms with Gasteiger partial charge in [-0.3, -0.25) is 9.48 Å². The lowest BCUT2D eigenvalue weighted by Gasteiger charge is -2.31. The van der Waals surface area contributed by atoms with Crippen molar-refractivity contribution in [1.29, 1.82) is 0 Å². The quantitative estimate of drug-likeness (QED) is 0.775. The minimum atomic E-state index is -0.0988. The number of rotatable bonds is 3. The molecule has 1 N–H and O–H groups in total. The van der Waals surface area contributed by atoms with E-state index in [2.05, 4.69) is 30.3 Å². The van der Waals surface area contributed by atoms with Crippen LogP contribution in [0.15, 0.2) is 30.7 Å². The molecule has 1 unspecified atom stereocenters. The Kier molecular flexibility index (Phi) is 4.24. The Bertz CT molecular complexity index is 937. The maximum Gasteiger partial charge on any atom is 0.229 e. The van der Waals surface area contributed by atoms with Crippen LogP contribution in [0.4, 0.5) is 11.6 Å². The Morgan fingerprint density at radius 2 is 2.08 bits per heavy atom. The Morgan fingerprint density at radius 1 is 1.27 bits per heavy atom. The van der Waals surface area contributed by atoms with E-state index < -0.39 is 0 Å². The van der Waals surface area contributed by atoms with Gasteiger partial charge in [-0.15, -0.1) is 0 Å². The number of nitrogens with zero attached hydrogens (tertiary/aromatic N) is 6. The summed E-state index contributed by atoms with van der Waals surface area (Å²) >= 11 is 0. The van der Waals surface area contributed by atoms with E-state index in [0.29, 0.717) is 18.2 Å². The molecule has 8 heteroatoms. The van der Waals surface area contributed by atoms with E-state index in [9.17, 15) is 4.79 Å². The maximum atomic E-state index is 12.7. The third-order valence-electron chi connectivity index (χ3n) is 4.76. The second kappa shape index (κ2) is 6.70. The zero-order valence-corrected chi connectivity index (χ0v) is 14.9. The van der Waals surface area contributed by atoms with E-state index in [4.69, 9.17) is 0 Å². The number of piperidine rings is 1. The molecule has 3 aromatic heterocycles. The van der Waals surface area contributed by atoms with Crippen molar-refractivity contribution in [1.82, 2.24) is 24.7 Å². The monoisotopic (exact) mass is 351 g/mol. The summed E-state index contributed by atoms with van der Waals surface area (Å²) in [7, 11) is 1.86. The van der Waals surface area contributed by atoms with Gasteiger partial charge in [0.15, 0.2) is 5.65 Å². The van der Waals surface area contributed by atoms with Gasteiger partial charge in [0.1, 0.15) is 0 Å². The van der Waals surface area contributed by atoms with Gasteiger partial charge < -0.3 is 10.2 Å². The molecule has 1 aliphatic rings. The Labute approximate surface area is 151 Å². The molecule has 4 heterocycles. The summed E-state index contributed by atoms with van der Waals surface area (Å²) in [5.41, 5.74) is 2.41. The van der Waals surface area contributed by atoms with E-state index in [-0.39, 0.29) is 11.8 Å². The topological polar surface area (TPSA) is 88.8 Å². The number of amides is 1. The van der Waals surface area contributed by atoms with Crippen LogP contribution in [0, 0.1) is 12.8 Å². The maximum absolute atomic E-state index is 12.7. The van der Waals surface area contributed by atoms with Crippen molar-refractivity contribution in [3.8, 4) is 0 Å². The van der Waals surface area contributed by atoms with Crippen molar-refractivity contribution in [2.75, 3.05) is 23.3 Å². The predicted molar refractivity (Wildman–Crippen MR) is 98.8 cm³/mol. The minimum absolute atomic E-state index is 0.00771. The van der Waals surface area contributed by atoms with Crippen molar-refractivity contribution >= 4 is 28.6 Å². The molecular weight excluding hydrogens is 330 g/mol. The lowest BCUT2D eigenvalue weighted by atomic mass is 9.97. The highest BCUT2D eigenvalue weighted by molar-refractivity contribution is 5.94. The van der Waals surface area contributed by atoms with Crippen LogP contribution in [0.1, 0.15) is 18.5 Å². The van der Waals surface area contributed by atoms with Crippen LogP contribution in [-0.2, 0) is 11.8 Å². The van der Waals surface area contributed by atoms with Gasteiger partial charge in [-0.1, -0.05) is 0 Å². The SMILES string of the molecule is Cc1nn(C)c2ncc(NC(=O)C3CCCN(c4ncccn4)C3)cc12. The molecule has 26 heavy (non-hydrogen) atoms. The third-order valence-corrected chi connectivity index (χ3v) is 4.76. The first-order valence-corrected chi connectivity index (χ1v) is 8.74. The molecule has 1 saturated heterocycles. The zero-order valence-electron chi connectivity index (χ0n) is 14.9. The summed E-state index contributed by atoms with van der Waals surface area (Å²) in [6.45, 7) is 3.43. The van der Waals surface area contributed by atoms with Crippen molar-refractivity contribution < 1.29 is 4.79 Å². The number of carbonyl (C=O) groups is 1. The van der Waals surface area contributed by atoms with Gasteiger partial charge in [0.25, 0.3) is 0 Å². The summed E-state index contributed by atoms with van der Waals surface area (Å²) in [4.78, 5) is 27.8. The van der Waals surface area contributed by atoms with Gasteiger partial charge in [-0.25, -0.2) is 15.0 Å².